The standard InChI is InChI=1S/C20H34N2O/c1-14(2)15(3)22-17-12-18(13-17)23-19-11-16(8-10-21-19)7-9-20(4,5)6/h8,10-11,14-15,17-18,22H,7,9,12-13H2,1-6H3/t15-,17?,18?/m1/s1. The summed E-state index contributed by atoms with van der Waals surface area (Å²) in [6.07, 6.45) is 6.64. The monoisotopic (exact) mass is 318 g/mol. The highest BCUT2D eigenvalue weighted by atomic mass is 16.5. The Morgan fingerprint density at radius 3 is 2.57 bits per heavy atom. The third kappa shape index (κ3) is 6.14. The van der Waals surface area contributed by atoms with Crippen LogP contribution in [0.2, 0.25) is 0 Å². The number of nitrogens with zero attached hydrogens (tertiary/aromatic N) is 1. The van der Waals surface area contributed by atoms with E-state index in [4.69, 9.17) is 4.74 Å². The molecule has 3 nitrogen and oxygen atoms in total. The summed E-state index contributed by atoms with van der Waals surface area (Å²) in [5.41, 5.74) is 1.69. The van der Waals surface area contributed by atoms with Crippen molar-refractivity contribution in [1.29, 1.82) is 0 Å². The van der Waals surface area contributed by atoms with Crippen LogP contribution in [0.3, 0.4) is 0 Å². The second-order valence-electron chi connectivity index (χ2n) is 8.67. The van der Waals surface area contributed by atoms with Crippen LogP contribution in [0.15, 0.2) is 18.3 Å². The van der Waals surface area contributed by atoms with Gasteiger partial charge in [-0.05, 0) is 55.6 Å². The van der Waals surface area contributed by atoms with Gasteiger partial charge in [0, 0.05) is 24.3 Å². The quantitative estimate of drug-likeness (QED) is 0.797. The number of pyridine rings is 1. The molecule has 1 aromatic rings. The van der Waals surface area contributed by atoms with Gasteiger partial charge in [-0.25, -0.2) is 4.98 Å². The molecule has 3 heteroatoms. The van der Waals surface area contributed by atoms with E-state index in [1.165, 1.54) is 12.0 Å². The number of hydrogen-bond acceptors (Lipinski definition) is 3. The van der Waals surface area contributed by atoms with Crippen molar-refractivity contribution in [2.45, 2.75) is 85.4 Å². The summed E-state index contributed by atoms with van der Waals surface area (Å²) in [4.78, 5) is 4.38. The molecule has 1 aliphatic rings. The molecule has 0 saturated heterocycles. The fourth-order valence-corrected chi connectivity index (χ4v) is 2.72. The molecule has 1 saturated carbocycles. The van der Waals surface area contributed by atoms with Crippen LogP contribution in [0.4, 0.5) is 0 Å². The number of aromatic nitrogens is 1. The number of rotatable bonds is 7. The highest BCUT2D eigenvalue weighted by Gasteiger charge is 2.32. The van der Waals surface area contributed by atoms with Crippen molar-refractivity contribution in [2.75, 3.05) is 0 Å². The minimum Gasteiger partial charge on any atom is -0.474 e. The van der Waals surface area contributed by atoms with Crippen molar-refractivity contribution >= 4 is 0 Å². The van der Waals surface area contributed by atoms with E-state index in [9.17, 15) is 0 Å². The van der Waals surface area contributed by atoms with E-state index < -0.39 is 0 Å². The molecule has 1 atom stereocenters. The summed E-state index contributed by atoms with van der Waals surface area (Å²) in [6.45, 7) is 13.6. The van der Waals surface area contributed by atoms with Gasteiger partial charge in [-0.15, -0.1) is 0 Å². The highest BCUT2D eigenvalue weighted by Crippen LogP contribution is 2.27. The zero-order valence-electron chi connectivity index (χ0n) is 15.7. The molecule has 0 spiro atoms. The Balaban J connectivity index is 1.77. The predicted octanol–water partition coefficient (Wildman–Crippen LogP) is 4.60. The molecular weight excluding hydrogens is 284 g/mol. The van der Waals surface area contributed by atoms with E-state index in [1.54, 1.807) is 0 Å². The lowest BCUT2D eigenvalue weighted by molar-refractivity contribution is 0.0732. The van der Waals surface area contributed by atoms with Crippen LogP contribution < -0.4 is 10.1 Å². The van der Waals surface area contributed by atoms with Crippen LogP contribution in [0.5, 0.6) is 5.88 Å². The Morgan fingerprint density at radius 1 is 1.26 bits per heavy atom. The fourth-order valence-electron chi connectivity index (χ4n) is 2.72. The lowest BCUT2D eigenvalue weighted by Crippen LogP contribution is -2.50. The first-order valence-corrected chi connectivity index (χ1v) is 9.10. The Kier molecular flexibility index (Phi) is 6.07. The van der Waals surface area contributed by atoms with Gasteiger partial charge < -0.3 is 10.1 Å². The molecule has 2 rings (SSSR count). The van der Waals surface area contributed by atoms with Crippen molar-refractivity contribution in [2.24, 2.45) is 11.3 Å². The van der Waals surface area contributed by atoms with Gasteiger partial charge in [0.1, 0.15) is 6.10 Å². The molecule has 0 radical (unpaired) electrons. The fraction of sp³-hybridized carbons (Fsp3) is 0.750. The average Bonchev–Trinajstić information content (AvgIpc) is 2.42. The van der Waals surface area contributed by atoms with Gasteiger partial charge in [0.15, 0.2) is 0 Å². The molecule has 0 aliphatic heterocycles. The molecular formula is C20H34N2O. The van der Waals surface area contributed by atoms with Crippen LogP contribution in [0, 0.1) is 11.3 Å². The maximum absolute atomic E-state index is 6.04. The first-order valence-electron chi connectivity index (χ1n) is 9.10. The third-order valence-electron chi connectivity index (χ3n) is 4.84. The molecule has 130 valence electrons. The van der Waals surface area contributed by atoms with Gasteiger partial charge in [0.25, 0.3) is 0 Å². The molecule has 23 heavy (non-hydrogen) atoms. The van der Waals surface area contributed by atoms with Gasteiger partial charge in [-0.3, -0.25) is 0 Å². The van der Waals surface area contributed by atoms with E-state index in [-0.39, 0.29) is 0 Å². The van der Waals surface area contributed by atoms with Crippen molar-refractivity contribution in [3.05, 3.63) is 23.9 Å². The summed E-state index contributed by atoms with van der Waals surface area (Å²) in [7, 11) is 0. The van der Waals surface area contributed by atoms with Crippen LogP contribution in [-0.2, 0) is 6.42 Å². The highest BCUT2D eigenvalue weighted by molar-refractivity contribution is 5.21. The van der Waals surface area contributed by atoms with Gasteiger partial charge in [0.05, 0.1) is 0 Å². The SMILES string of the molecule is CC(C)[C@@H](C)NC1CC(Oc2cc(CCC(C)(C)C)ccn2)C1. The minimum absolute atomic E-state index is 0.317. The maximum atomic E-state index is 6.04. The summed E-state index contributed by atoms with van der Waals surface area (Å²) >= 11 is 0. The molecule has 1 fully saturated rings. The lowest BCUT2D eigenvalue weighted by atomic mass is 9.87. The van der Waals surface area contributed by atoms with Crippen LogP contribution >= 0.6 is 0 Å². The van der Waals surface area contributed by atoms with Gasteiger partial charge in [-0.2, -0.15) is 0 Å². The summed E-state index contributed by atoms with van der Waals surface area (Å²) in [5.74, 6) is 1.47. The molecule has 0 unspecified atom stereocenters. The van der Waals surface area contributed by atoms with Gasteiger partial charge in [-0.1, -0.05) is 34.6 Å². The average molecular weight is 319 g/mol. The number of nitrogens with one attached hydrogen (secondary N) is 1. The van der Waals surface area contributed by atoms with Crippen molar-refractivity contribution in [3.8, 4) is 5.88 Å². The Hall–Kier alpha value is -1.09. The van der Waals surface area contributed by atoms with Crippen LogP contribution in [0.1, 0.15) is 66.4 Å². The molecule has 0 aromatic carbocycles. The van der Waals surface area contributed by atoms with Crippen molar-refractivity contribution < 1.29 is 4.74 Å². The second kappa shape index (κ2) is 7.65. The Labute approximate surface area is 142 Å². The second-order valence-corrected chi connectivity index (χ2v) is 8.67. The van der Waals surface area contributed by atoms with Crippen LogP contribution in [-0.4, -0.2) is 23.2 Å². The molecule has 0 bridgehead atoms. The van der Waals surface area contributed by atoms with Crippen molar-refractivity contribution in [3.63, 3.8) is 0 Å². The van der Waals surface area contributed by atoms with Crippen LogP contribution in [0.25, 0.3) is 0 Å². The zero-order chi connectivity index (χ0) is 17.0. The molecule has 1 heterocycles. The van der Waals surface area contributed by atoms with E-state index in [2.05, 4.69) is 64.0 Å². The summed E-state index contributed by atoms with van der Waals surface area (Å²) in [5, 5.41) is 3.68. The smallest absolute Gasteiger partial charge is 0.213 e. The lowest BCUT2D eigenvalue weighted by Gasteiger charge is -2.38. The van der Waals surface area contributed by atoms with Gasteiger partial charge >= 0.3 is 0 Å². The minimum atomic E-state index is 0.317. The topological polar surface area (TPSA) is 34.1 Å². The molecule has 1 aromatic heterocycles. The third-order valence-corrected chi connectivity index (χ3v) is 4.84. The summed E-state index contributed by atoms with van der Waals surface area (Å²) in [6, 6.07) is 5.39. The number of ether oxygens (including phenoxy) is 1. The largest absolute Gasteiger partial charge is 0.474 e. The van der Waals surface area contributed by atoms with E-state index in [0.29, 0.717) is 29.5 Å². The van der Waals surface area contributed by atoms with E-state index >= 15 is 0 Å². The number of aryl methyl sites for hydroxylation is 1. The first kappa shape index (κ1) is 18.3. The normalized spacial score (nSPS) is 22.7. The molecule has 0 amide bonds. The zero-order valence-corrected chi connectivity index (χ0v) is 15.7. The predicted molar refractivity (Wildman–Crippen MR) is 96.9 cm³/mol. The van der Waals surface area contributed by atoms with Crippen molar-refractivity contribution in [1.82, 2.24) is 10.3 Å². The summed E-state index contributed by atoms with van der Waals surface area (Å²) < 4.78 is 6.04. The first-order chi connectivity index (χ1) is 10.7. The molecule has 1 aliphatic carbocycles. The van der Waals surface area contributed by atoms with E-state index in [1.807, 2.05) is 6.20 Å². The molecule has 1 N–H and O–H groups in total. The Bertz CT molecular complexity index is 487. The maximum Gasteiger partial charge on any atom is 0.213 e. The van der Waals surface area contributed by atoms with E-state index in [0.717, 1.165) is 25.1 Å². The Morgan fingerprint density at radius 2 is 1.96 bits per heavy atom. The number of hydrogen-bond donors (Lipinski definition) is 1. The van der Waals surface area contributed by atoms with Gasteiger partial charge in [0.2, 0.25) is 5.88 Å².